The van der Waals surface area contributed by atoms with E-state index in [1.165, 1.54) is 38.1 Å². The molecule has 0 unspecified atom stereocenters. The van der Waals surface area contributed by atoms with Gasteiger partial charge in [0.05, 0.1) is 31.6 Å². The lowest BCUT2D eigenvalue weighted by Crippen LogP contribution is -2.23. The van der Waals surface area contributed by atoms with Crippen LogP contribution in [0.2, 0.25) is 0 Å². The van der Waals surface area contributed by atoms with Crippen molar-refractivity contribution in [3.63, 3.8) is 0 Å². The number of carboxylic acids is 1. The van der Waals surface area contributed by atoms with Crippen LogP contribution in [0.25, 0.3) is 0 Å². The number of ether oxygens (including phenoxy) is 2. The molecule has 1 aromatic carbocycles. The highest BCUT2D eigenvalue weighted by atomic mass is 32.2. The Labute approximate surface area is 119 Å². The van der Waals surface area contributed by atoms with Gasteiger partial charge in [-0.25, -0.2) is 4.99 Å². The molecule has 1 amide bonds. The summed E-state index contributed by atoms with van der Waals surface area (Å²) in [5.41, 5.74) is -0.00995. The minimum absolute atomic E-state index is 0.132. The lowest BCUT2D eigenvalue weighted by Gasteiger charge is -2.13. The lowest BCUT2D eigenvalue weighted by molar-refractivity contribution is -0.254. The highest BCUT2D eigenvalue weighted by Crippen LogP contribution is 2.35. The quantitative estimate of drug-likeness (QED) is 0.833. The van der Waals surface area contributed by atoms with Crippen LogP contribution in [0.4, 0.5) is 5.69 Å². The Kier molecular flexibility index (Phi) is 4.14. The van der Waals surface area contributed by atoms with E-state index in [9.17, 15) is 14.7 Å². The Balaban J connectivity index is 2.50. The van der Waals surface area contributed by atoms with Crippen molar-refractivity contribution in [1.29, 1.82) is 0 Å². The molecule has 1 aliphatic rings. The van der Waals surface area contributed by atoms with Crippen molar-refractivity contribution in [2.24, 2.45) is 4.99 Å². The smallest absolute Gasteiger partial charge is 0.236 e. The average molecular weight is 295 g/mol. The molecule has 0 saturated carbocycles. The van der Waals surface area contributed by atoms with Crippen molar-refractivity contribution in [1.82, 2.24) is 5.32 Å². The van der Waals surface area contributed by atoms with Gasteiger partial charge in [-0.2, -0.15) is 0 Å². The van der Waals surface area contributed by atoms with Crippen LogP contribution in [0.5, 0.6) is 11.5 Å². The van der Waals surface area contributed by atoms with Crippen LogP contribution in [0, 0.1) is 0 Å². The maximum Gasteiger partial charge on any atom is 0.236 e. The second-order valence-corrected chi connectivity index (χ2v) is 4.73. The van der Waals surface area contributed by atoms with Crippen LogP contribution in [-0.4, -0.2) is 37.0 Å². The van der Waals surface area contributed by atoms with E-state index in [1.54, 1.807) is 0 Å². The maximum atomic E-state index is 11.2. The molecule has 20 heavy (non-hydrogen) atoms. The van der Waals surface area contributed by atoms with Gasteiger partial charge in [-0.3, -0.25) is 4.79 Å². The fourth-order valence-electron chi connectivity index (χ4n) is 1.62. The Morgan fingerprint density at radius 3 is 2.50 bits per heavy atom. The molecule has 0 spiro atoms. The van der Waals surface area contributed by atoms with Crippen molar-refractivity contribution in [2.45, 2.75) is 0 Å². The lowest BCUT2D eigenvalue weighted by atomic mass is 10.1. The molecule has 106 valence electrons. The summed E-state index contributed by atoms with van der Waals surface area (Å²) in [6.07, 6.45) is 0. The number of aromatic carboxylic acids is 1. The number of carbonyl (C=O) groups excluding carboxylic acids is 2. The number of hydrogen-bond acceptors (Lipinski definition) is 7. The molecule has 0 aliphatic carbocycles. The highest BCUT2D eigenvalue weighted by molar-refractivity contribution is 8.15. The van der Waals surface area contributed by atoms with Crippen molar-refractivity contribution >= 4 is 34.5 Å². The zero-order valence-corrected chi connectivity index (χ0v) is 11.6. The van der Waals surface area contributed by atoms with Crippen molar-refractivity contribution in [3.8, 4) is 11.5 Å². The molecule has 1 aliphatic heterocycles. The number of nitrogens with one attached hydrogen (secondary N) is 1. The first-order chi connectivity index (χ1) is 9.55. The van der Waals surface area contributed by atoms with Crippen molar-refractivity contribution in [2.75, 3.05) is 20.0 Å². The molecule has 1 N–H and O–H groups in total. The predicted octanol–water partition coefficient (Wildman–Crippen LogP) is -0.0822. The molecule has 0 atom stereocenters. The van der Waals surface area contributed by atoms with Crippen molar-refractivity contribution in [3.05, 3.63) is 17.7 Å². The third-order valence-electron chi connectivity index (χ3n) is 2.53. The van der Waals surface area contributed by atoms with Gasteiger partial charge in [-0.05, 0) is 6.07 Å². The number of nitrogens with zero attached hydrogens (tertiary/aromatic N) is 1. The van der Waals surface area contributed by atoms with E-state index in [0.717, 1.165) is 0 Å². The summed E-state index contributed by atoms with van der Waals surface area (Å²) in [6.45, 7) is 0. The molecule has 7 nitrogen and oxygen atoms in total. The first kappa shape index (κ1) is 14.2. The highest BCUT2D eigenvalue weighted by Gasteiger charge is 2.18. The Morgan fingerprint density at radius 1 is 1.35 bits per heavy atom. The van der Waals surface area contributed by atoms with E-state index in [4.69, 9.17) is 9.47 Å². The number of thioether (sulfide) groups is 1. The topological polar surface area (TPSA) is 100 Å². The van der Waals surface area contributed by atoms with E-state index in [2.05, 4.69) is 10.3 Å². The van der Waals surface area contributed by atoms with Gasteiger partial charge in [-0.15, -0.1) is 0 Å². The number of aliphatic imine (C=N–C) groups is 1. The number of benzene rings is 1. The summed E-state index contributed by atoms with van der Waals surface area (Å²) in [7, 11) is 2.83. The van der Waals surface area contributed by atoms with Crippen LogP contribution in [0.3, 0.4) is 0 Å². The number of amidine groups is 1. The average Bonchev–Trinajstić information content (AvgIpc) is 2.83. The maximum absolute atomic E-state index is 11.2. The van der Waals surface area contributed by atoms with Crippen LogP contribution < -0.4 is 19.9 Å². The van der Waals surface area contributed by atoms with E-state index >= 15 is 0 Å². The summed E-state index contributed by atoms with van der Waals surface area (Å²) < 4.78 is 10.1. The number of carboxylic acid groups (broad SMARTS) is 1. The Hall–Kier alpha value is -2.22. The standard InChI is InChI=1S/C12H12N2O5S/c1-18-8-3-6(11(16)17)7(4-9(8)19-2)13-12-14-10(15)5-20-12/h3-4H,5H2,1-2H3,(H,16,17)(H,13,14,15)/p-1. The number of methoxy groups -OCH3 is 2. The number of amides is 1. The molecule has 1 fully saturated rings. The summed E-state index contributed by atoms with van der Waals surface area (Å²) in [4.78, 5) is 26.4. The third kappa shape index (κ3) is 2.85. The normalized spacial score (nSPS) is 16.1. The van der Waals surface area contributed by atoms with E-state index < -0.39 is 5.97 Å². The summed E-state index contributed by atoms with van der Waals surface area (Å²) >= 11 is 1.19. The Morgan fingerprint density at radius 2 is 2.00 bits per heavy atom. The van der Waals surface area contributed by atoms with Crippen LogP contribution in [0.15, 0.2) is 17.1 Å². The van der Waals surface area contributed by atoms with E-state index in [1.807, 2.05) is 0 Å². The van der Waals surface area contributed by atoms with Crippen LogP contribution in [0.1, 0.15) is 10.4 Å². The molecule has 1 saturated heterocycles. The number of hydrogen-bond donors (Lipinski definition) is 1. The van der Waals surface area contributed by atoms with Gasteiger partial charge in [0.2, 0.25) is 5.91 Å². The number of rotatable bonds is 4. The van der Waals surface area contributed by atoms with Crippen LogP contribution in [-0.2, 0) is 4.79 Å². The third-order valence-corrected chi connectivity index (χ3v) is 3.40. The van der Waals surface area contributed by atoms with Crippen LogP contribution >= 0.6 is 11.8 Å². The zero-order chi connectivity index (χ0) is 14.7. The molecule has 0 aromatic heterocycles. The fraction of sp³-hybridized carbons (Fsp3) is 0.250. The van der Waals surface area contributed by atoms with Gasteiger partial charge in [-0.1, -0.05) is 11.8 Å². The fourth-order valence-corrected chi connectivity index (χ4v) is 2.31. The molecule has 8 heteroatoms. The molecular formula is C12H11N2O5S-. The predicted molar refractivity (Wildman–Crippen MR) is 71.6 cm³/mol. The minimum atomic E-state index is -1.39. The summed E-state index contributed by atoms with van der Waals surface area (Å²) in [5, 5.41) is 14.0. The largest absolute Gasteiger partial charge is 0.545 e. The first-order valence-electron chi connectivity index (χ1n) is 5.54. The molecule has 0 bridgehead atoms. The summed E-state index contributed by atoms with van der Waals surface area (Å²) in [5.74, 6) is -0.707. The minimum Gasteiger partial charge on any atom is -0.545 e. The summed E-state index contributed by atoms with van der Waals surface area (Å²) in [6, 6.07) is 2.69. The van der Waals surface area contributed by atoms with Crippen molar-refractivity contribution < 1.29 is 24.2 Å². The second kappa shape index (κ2) is 5.83. The first-order valence-corrected chi connectivity index (χ1v) is 6.52. The SMILES string of the molecule is COc1cc(N=C2NC(=O)CS2)c(C(=O)[O-])cc1OC. The molecule has 2 rings (SSSR count). The zero-order valence-electron chi connectivity index (χ0n) is 10.8. The Bertz CT molecular complexity index is 600. The molecular weight excluding hydrogens is 284 g/mol. The van der Waals surface area contributed by atoms with Gasteiger partial charge in [0.25, 0.3) is 0 Å². The monoisotopic (exact) mass is 295 g/mol. The van der Waals surface area contributed by atoms with Gasteiger partial charge < -0.3 is 24.7 Å². The van der Waals surface area contributed by atoms with Gasteiger partial charge in [0.1, 0.15) is 0 Å². The molecule has 1 aromatic rings. The molecule has 1 heterocycles. The second-order valence-electron chi connectivity index (χ2n) is 3.77. The van der Waals surface area contributed by atoms with E-state index in [0.29, 0.717) is 10.9 Å². The van der Waals surface area contributed by atoms with Gasteiger partial charge in [0, 0.05) is 11.6 Å². The van der Waals surface area contributed by atoms with Gasteiger partial charge >= 0.3 is 0 Å². The molecule has 0 radical (unpaired) electrons. The number of carbonyl (C=O) groups is 2. The van der Waals surface area contributed by atoms with E-state index in [-0.39, 0.29) is 28.7 Å². The van der Waals surface area contributed by atoms with Gasteiger partial charge in [0.15, 0.2) is 16.7 Å².